The van der Waals surface area contributed by atoms with Gasteiger partial charge in [0.1, 0.15) is 0 Å². The first kappa shape index (κ1) is 26.0. The van der Waals surface area contributed by atoms with E-state index in [1.54, 1.807) is 0 Å². The molecule has 0 saturated heterocycles. The normalized spacial score (nSPS) is 7.88. The molecule has 16 heavy (non-hydrogen) atoms. The molecule has 0 heterocycles. The van der Waals surface area contributed by atoms with Crippen LogP contribution in [0.25, 0.3) is 0 Å². The van der Waals surface area contributed by atoms with Crippen molar-refractivity contribution in [3.63, 3.8) is 0 Å². The number of hydrogen-bond donors (Lipinski definition) is 0. The minimum absolute atomic E-state index is 0. The van der Waals surface area contributed by atoms with E-state index in [1.807, 2.05) is 20.8 Å². The van der Waals surface area contributed by atoms with Gasteiger partial charge in [0.05, 0.1) is 0 Å². The molecule has 0 bridgehead atoms. The van der Waals surface area contributed by atoms with Gasteiger partial charge in [-0.1, -0.05) is 59.3 Å². The van der Waals surface area contributed by atoms with Gasteiger partial charge in [0.2, 0.25) is 0 Å². The molecule has 97 valence electrons. The van der Waals surface area contributed by atoms with E-state index in [-0.39, 0.29) is 61.6 Å². The van der Waals surface area contributed by atoms with Gasteiger partial charge in [0.25, 0.3) is 0 Å². The van der Waals surface area contributed by atoms with Gasteiger partial charge in [0.15, 0.2) is 0 Å². The van der Waals surface area contributed by atoms with E-state index < -0.39 is 0 Å². The molecule has 0 fully saturated rings. The van der Waals surface area contributed by atoms with Crippen molar-refractivity contribution in [3.8, 4) is 0 Å². The van der Waals surface area contributed by atoms with Gasteiger partial charge < -0.3 is 15.3 Å². The van der Waals surface area contributed by atoms with Crippen LogP contribution in [0.5, 0.6) is 0 Å². The summed E-state index contributed by atoms with van der Waals surface area (Å²) in [4.78, 5) is 0. The van der Waals surface area contributed by atoms with Gasteiger partial charge in [0, 0.05) is 0 Å². The Hall–Kier alpha value is 1.26. The molecule has 3 nitrogen and oxygen atoms in total. The fraction of sp³-hybridized carbons (Fsp3) is 1.00. The minimum Gasteiger partial charge on any atom is -0.854 e. The van der Waals surface area contributed by atoms with E-state index in [0.717, 1.165) is 38.5 Å². The molecule has 0 aromatic carbocycles. The second-order valence-electron chi connectivity index (χ2n) is 3.17. The molecule has 0 amide bonds. The maximum absolute atomic E-state index is 9.53. The first-order valence-electron chi connectivity index (χ1n) is 5.99. The third kappa shape index (κ3) is 58.9. The van der Waals surface area contributed by atoms with E-state index in [9.17, 15) is 15.3 Å². The third-order valence-corrected chi connectivity index (χ3v) is 1.49. The maximum Gasteiger partial charge on any atom is 3.00 e. The van der Waals surface area contributed by atoms with Gasteiger partial charge in [-0.15, -0.1) is 19.8 Å². The van der Waals surface area contributed by atoms with Crippen LogP contribution in [0.4, 0.5) is 0 Å². The topological polar surface area (TPSA) is 69.2 Å². The van der Waals surface area contributed by atoms with Gasteiger partial charge in [-0.3, -0.25) is 0 Å². The molecule has 0 aromatic rings. The quantitative estimate of drug-likeness (QED) is 0.691. The van der Waals surface area contributed by atoms with E-state index in [0.29, 0.717) is 0 Å². The summed E-state index contributed by atoms with van der Waals surface area (Å²) in [5, 5.41) is 28.6. The summed E-state index contributed by atoms with van der Waals surface area (Å²) < 4.78 is 0. The Balaban J connectivity index is -0.0000000655. The van der Waals surface area contributed by atoms with Crippen LogP contribution in [0.2, 0.25) is 0 Å². The van der Waals surface area contributed by atoms with E-state index in [4.69, 9.17) is 0 Å². The largest absolute Gasteiger partial charge is 3.00 e. The van der Waals surface area contributed by atoms with Crippen LogP contribution >= 0.6 is 0 Å². The van der Waals surface area contributed by atoms with E-state index in [1.165, 1.54) is 0 Å². The Labute approximate surface area is 135 Å². The Morgan fingerprint density at radius 3 is 0.750 bits per heavy atom. The zero-order chi connectivity index (χ0) is 12.4. The van der Waals surface area contributed by atoms with Gasteiger partial charge in [-0.2, -0.15) is 0 Å². The van der Waals surface area contributed by atoms with Crippen LogP contribution in [0.1, 0.15) is 59.3 Å². The minimum atomic E-state index is 0. The monoisotopic (exact) mass is 359 g/mol. The van der Waals surface area contributed by atoms with Crippen LogP contribution in [0.15, 0.2) is 0 Å². The van der Waals surface area contributed by atoms with Crippen LogP contribution in [-0.2, 0) is 0 Å². The van der Waals surface area contributed by atoms with Crippen molar-refractivity contribution in [2.45, 2.75) is 59.3 Å². The van der Waals surface area contributed by atoms with Crippen molar-refractivity contribution in [1.82, 2.24) is 0 Å². The fourth-order valence-electron chi connectivity index (χ4n) is 0.433. The Morgan fingerprint density at radius 1 is 0.562 bits per heavy atom. The van der Waals surface area contributed by atoms with Crippen molar-refractivity contribution < 1.29 is 57.1 Å². The predicted molar refractivity (Wildman–Crippen MR) is 59.3 cm³/mol. The summed E-state index contributed by atoms with van der Waals surface area (Å²) in [6, 6.07) is 0. The molecule has 0 aliphatic carbocycles. The summed E-state index contributed by atoms with van der Waals surface area (Å²) in [6.45, 7) is 6.32. The third-order valence-electron chi connectivity index (χ3n) is 1.49. The molecule has 0 aliphatic heterocycles. The summed E-state index contributed by atoms with van der Waals surface area (Å²) in [5.41, 5.74) is 0. The Bertz CT molecular complexity index is 53.0. The molecule has 0 N–H and O–H groups in total. The summed E-state index contributed by atoms with van der Waals surface area (Å²) in [7, 11) is 0. The molecule has 1 radical (unpaired) electrons. The summed E-state index contributed by atoms with van der Waals surface area (Å²) in [6.07, 6.45) is 5.59. The van der Waals surface area contributed by atoms with Crippen LogP contribution in [-0.4, -0.2) is 19.8 Å². The van der Waals surface area contributed by atoms with Crippen LogP contribution < -0.4 is 15.3 Å². The number of rotatable bonds is 6. The molecule has 0 atom stereocenters. The molecule has 4 heteroatoms. The standard InChI is InChI=1S/3C4H9O.Ce/c3*1-2-3-4-5;/h3*2-4H2,1H3;/q3*-1;+3. The molecule has 0 unspecified atom stereocenters. The van der Waals surface area contributed by atoms with Crippen molar-refractivity contribution >= 4 is 0 Å². The number of hydrogen-bond acceptors (Lipinski definition) is 3. The second kappa shape index (κ2) is 36.0. The van der Waals surface area contributed by atoms with Gasteiger partial charge >= 0.3 is 41.7 Å². The SMILES string of the molecule is CCCC[O-].CCCC[O-].CCCC[O-].[Ce+3]. The van der Waals surface area contributed by atoms with Gasteiger partial charge in [-0.25, -0.2) is 0 Å². The second-order valence-corrected chi connectivity index (χ2v) is 3.17. The maximum atomic E-state index is 9.53. The molecule has 0 spiro atoms. The Kier molecular flexibility index (Phi) is 58.3. The predicted octanol–water partition coefficient (Wildman–Crippen LogP) is 0.440. The average molecular weight is 359 g/mol. The van der Waals surface area contributed by atoms with Crippen LogP contribution in [0.3, 0.4) is 0 Å². The van der Waals surface area contributed by atoms with Crippen LogP contribution in [0, 0.1) is 41.7 Å². The van der Waals surface area contributed by atoms with E-state index in [2.05, 4.69) is 0 Å². The first-order valence-corrected chi connectivity index (χ1v) is 5.99. The molecular formula is C12H27CeO3. The van der Waals surface area contributed by atoms with Crippen molar-refractivity contribution in [1.29, 1.82) is 0 Å². The fourth-order valence-corrected chi connectivity index (χ4v) is 0.433. The Morgan fingerprint density at radius 2 is 0.750 bits per heavy atom. The molecule has 0 saturated carbocycles. The first-order chi connectivity index (χ1) is 7.24. The zero-order valence-corrected chi connectivity index (χ0v) is 14.2. The zero-order valence-electron chi connectivity index (χ0n) is 11.1. The average Bonchev–Trinajstić information content (AvgIpc) is 2.23. The molecule has 0 aliphatic rings. The molecular weight excluding hydrogens is 332 g/mol. The smallest absolute Gasteiger partial charge is 0.854 e. The molecule has 0 rings (SSSR count). The van der Waals surface area contributed by atoms with Crippen molar-refractivity contribution in [3.05, 3.63) is 0 Å². The summed E-state index contributed by atoms with van der Waals surface area (Å²) in [5.74, 6) is 0. The number of unbranched alkanes of at least 4 members (excludes halogenated alkanes) is 3. The van der Waals surface area contributed by atoms with E-state index >= 15 is 0 Å². The molecule has 0 aromatic heterocycles. The summed E-state index contributed by atoms with van der Waals surface area (Å²) >= 11 is 0. The van der Waals surface area contributed by atoms with Crippen molar-refractivity contribution in [2.75, 3.05) is 19.8 Å². The van der Waals surface area contributed by atoms with Gasteiger partial charge in [-0.05, 0) is 0 Å². The van der Waals surface area contributed by atoms with Crippen molar-refractivity contribution in [2.24, 2.45) is 0 Å².